The van der Waals surface area contributed by atoms with E-state index in [0.717, 1.165) is 16.3 Å². The fraction of sp³-hybridized carbons (Fsp3) is 0.150. The van der Waals surface area contributed by atoms with Crippen LogP contribution in [-0.4, -0.2) is 21.7 Å². The lowest BCUT2D eigenvalue weighted by Gasteiger charge is -2.03. The number of para-hydroxylation sites is 2. The Morgan fingerprint density at radius 2 is 2.00 bits per heavy atom. The third-order valence-electron chi connectivity index (χ3n) is 3.82. The lowest BCUT2D eigenvalue weighted by atomic mass is 10.2. The Morgan fingerprint density at radius 3 is 2.82 bits per heavy atom. The van der Waals surface area contributed by atoms with Crippen LogP contribution in [-0.2, 0) is 16.1 Å². The molecule has 0 fully saturated rings. The van der Waals surface area contributed by atoms with Crippen LogP contribution in [0.3, 0.4) is 0 Å². The Morgan fingerprint density at radius 1 is 1.18 bits per heavy atom. The van der Waals surface area contributed by atoms with Crippen molar-refractivity contribution in [3.8, 4) is 0 Å². The SMILES string of the molecule is Cc1ccc(Nc2nc(COC(=O)CSc3nc4ccccc4o3)cs2)cc1. The van der Waals surface area contributed by atoms with Crippen molar-refractivity contribution in [2.75, 3.05) is 11.1 Å². The number of nitrogens with zero attached hydrogens (tertiary/aromatic N) is 2. The van der Waals surface area contributed by atoms with Gasteiger partial charge in [0.25, 0.3) is 5.22 Å². The van der Waals surface area contributed by atoms with E-state index in [1.807, 2.05) is 60.8 Å². The van der Waals surface area contributed by atoms with Crippen LogP contribution in [0.5, 0.6) is 0 Å². The minimum atomic E-state index is -0.340. The number of thioether (sulfide) groups is 1. The molecule has 4 rings (SSSR count). The van der Waals surface area contributed by atoms with Crippen molar-refractivity contribution in [3.63, 3.8) is 0 Å². The van der Waals surface area contributed by atoms with Crippen LogP contribution in [0.25, 0.3) is 11.1 Å². The predicted octanol–water partition coefficient (Wildman–Crippen LogP) is 5.17. The average molecular weight is 412 g/mol. The van der Waals surface area contributed by atoms with E-state index in [4.69, 9.17) is 9.15 Å². The Kier molecular flexibility index (Phi) is 5.59. The molecule has 8 heteroatoms. The van der Waals surface area contributed by atoms with Crippen molar-refractivity contribution in [3.05, 3.63) is 65.2 Å². The Hall–Kier alpha value is -2.84. The molecule has 0 bridgehead atoms. The minimum Gasteiger partial charge on any atom is -0.459 e. The molecular formula is C20H17N3O3S2. The second kappa shape index (κ2) is 8.45. The second-order valence-corrected chi connectivity index (χ2v) is 7.82. The van der Waals surface area contributed by atoms with Gasteiger partial charge in [-0.3, -0.25) is 4.79 Å². The number of aryl methyl sites for hydroxylation is 1. The number of aromatic nitrogens is 2. The third-order valence-corrected chi connectivity index (χ3v) is 5.43. The maximum Gasteiger partial charge on any atom is 0.316 e. The third kappa shape index (κ3) is 4.71. The summed E-state index contributed by atoms with van der Waals surface area (Å²) in [5.41, 5.74) is 4.36. The second-order valence-electron chi connectivity index (χ2n) is 6.03. The molecule has 0 spiro atoms. The molecule has 0 amide bonds. The maximum atomic E-state index is 12.0. The van der Waals surface area contributed by atoms with Gasteiger partial charge in [-0.25, -0.2) is 9.97 Å². The predicted molar refractivity (Wildman–Crippen MR) is 111 cm³/mol. The molecule has 0 saturated heterocycles. The first-order valence-corrected chi connectivity index (χ1v) is 10.4. The highest BCUT2D eigenvalue weighted by Gasteiger charge is 2.11. The normalized spacial score (nSPS) is 10.9. The summed E-state index contributed by atoms with van der Waals surface area (Å²) < 4.78 is 10.9. The van der Waals surface area contributed by atoms with Crippen LogP contribution in [0, 0.1) is 6.92 Å². The molecular weight excluding hydrogens is 394 g/mol. The average Bonchev–Trinajstić information content (AvgIpc) is 3.33. The van der Waals surface area contributed by atoms with Gasteiger partial charge >= 0.3 is 5.97 Å². The minimum absolute atomic E-state index is 0.130. The van der Waals surface area contributed by atoms with E-state index < -0.39 is 0 Å². The molecule has 0 saturated carbocycles. The number of esters is 1. The summed E-state index contributed by atoms with van der Waals surface area (Å²) in [4.78, 5) is 20.7. The van der Waals surface area contributed by atoms with E-state index in [-0.39, 0.29) is 18.3 Å². The largest absolute Gasteiger partial charge is 0.459 e. The molecule has 6 nitrogen and oxygen atoms in total. The van der Waals surface area contributed by atoms with Crippen LogP contribution >= 0.6 is 23.1 Å². The lowest BCUT2D eigenvalue weighted by Crippen LogP contribution is -2.07. The van der Waals surface area contributed by atoms with Crippen LogP contribution < -0.4 is 5.32 Å². The molecule has 0 unspecified atom stereocenters. The Balaban J connectivity index is 1.25. The number of anilines is 2. The van der Waals surface area contributed by atoms with Crippen LogP contribution in [0.2, 0.25) is 0 Å². The number of ether oxygens (including phenoxy) is 1. The Bertz CT molecular complexity index is 1060. The van der Waals surface area contributed by atoms with Crippen molar-refractivity contribution in [2.24, 2.45) is 0 Å². The summed E-state index contributed by atoms with van der Waals surface area (Å²) >= 11 is 2.68. The highest BCUT2D eigenvalue weighted by Crippen LogP contribution is 2.24. The fourth-order valence-corrected chi connectivity index (χ4v) is 3.77. The quantitative estimate of drug-likeness (QED) is 0.332. The van der Waals surface area contributed by atoms with E-state index >= 15 is 0 Å². The molecule has 0 atom stereocenters. The number of benzene rings is 2. The molecule has 0 aliphatic carbocycles. The van der Waals surface area contributed by atoms with Gasteiger partial charge in [0.15, 0.2) is 10.7 Å². The van der Waals surface area contributed by atoms with Crippen molar-refractivity contribution < 1.29 is 13.9 Å². The highest BCUT2D eigenvalue weighted by molar-refractivity contribution is 7.99. The van der Waals surface area contributed by atoms with Crippen molar-refractivity contribution in [1.29, 1.82) is 0 Å². The zero-order valence-electron chi connectivity index (χ0n) is 15.0. The summed E-state index contributed by atoms with van der Waals surface area (Å²) in [6.07, 6.45) is 0. The van der Waals surface area contributed by atoms with Gasteiger partial charge < -0.3 is 14.5 Å². The van der Waals surface area contributed by atoms with Gasteiger partial charge in [0, 0.05) is 11.1 Å². The summed E-state index contributed by atoms with van der Waals surface area (Å²) in [6.45, 7) is 2.18. The summed E-state index contributed by atoms with van der Waals surface area (Å²) in [7, 11) is 0. The molecule has 1 N–H and O–H groups in total. The van der Waals surface area contributed by atoms with Crippen LogP contribution in [0.15, 0.2) is 63.6 Å². The molecule has 0 aliphatic heterocycles. The smallest absolute Gasteiger partial charge is 0.316 e. The molecule has 142 valence electrons. The van der Waals surface area contributed by atoms with E-state index in [1.165, 1.54) is 28.7 Å². The first kappa shape index (κ1) is 18.5. The van der Waals surface area contributed by atoms with Gasteiger partial charge in [0.1, 0.15) is 17.9 Å². The first-order valence-electron chi connectivity index (χ1n) is 8.58. The van der Waals surface area contributed by atoms with Gasteiger partial charge in [-0.1, -0.05) is 41.6 Å². The van der Waals surface area contributed by atoms with E-state index in [2.05, 4.69) is 15.3 Å². The number of rotatable bonds is 7. The van der Waals surface area contributed by atoms with E-state index in [0.29, 0.717) is 16.5 Å². The maximum absolute atomic E-state index is 12.0. The number of hydrogen-bond acceptors (Lipinski definition) is 8. The summed E-state index contributed by atoms with van der Waals surface area (Å²) in [5, 5.41) is 6.33. The molecule has 28 heavy (non-hydrogen) atoms. The summed E-state index contributed by atoms with van der Waals surface area (Å²) in [6, 6.07) is 15.6. The number of nitrogens with one attached hydrogen (secondary N) is 1. The van der Waals surface area contributed by atoms with Gasteiger partial charge in [-0.05, 0) is 31.2 Å². The van der Waals surface area contributed by atoms with Crippen molar-refractivity contribution in [1.82, 2.24) is 9.97 Å². The first-order chi connectivity index (χ1) is 13.7. The van der Waals surface area contributed by atoms with E-state index in [9.17, 15) is 4.79 Å². The van der Waals surface area contributed by atoms with Gasteiger partial charge in [0.2, 0.25) is 0 Å². The van der Waals surface area contributed by atoms with Crippen molar-refractivity contribution in [2.45, 2.75) is 18.8 Å². The topological polar surface area (TPSA) is 77.3 Å². The van der Waals surface area contributed by atoms with Gasteiger partial charge in [0.05, 0.1) is 5.69 Å². The number of thiazole rings is 1. The molecule has 2 aromatic carbocycles. The monoisotopic (exact) mass is 411 g/mol. The zero-order chi connectivity index (χ0) is 19.3. The lowest BCUT2D eigenvalue weighted by molar-refractivity contribution is -0.141. The number of fused-ring (bicyclic) bond motifs is 1. The van der Waals surface area contributed by atoms with Crippen molar-refractivity contribution >= 4 is 51.0 Å². The molecule has 4 aromatic rings. The molecule has 0 radical (unpaired) electrons. The molecule has 2 heterocycles. The standard InChI is InChI=1S/C20H17N3O3S2/c1-13-6-8-14(9-7-13)21-19-22-15(11-27-19)10-25-18(24)12-28-20-23-16-4-2-3-5-17(16)26-20/h2-9,11H,10,12H2,1H3,(H,21,22). The number of oxazole rings is 1. The van der Waals surface area contributed by atoms with Crippen LogP contribution in [0.4, 0.5) is 10.8 Å². The fourth-order valence-electron chi connectivity index (χ4n) is 2.42. The number of carbonyl (C=O) groups is 1. The Labute approximate surface area is 170 Å². The number of carbonyl (C=O) groups excluding carboxylic acids is 1. The highest BCUT2D eigenvalue weighted by atomic mass is 32.2. The summed E-state index contributed by atoms with van der Waals surface area (Å²) in [5.74, 6) is -0.209. The van der Waals surface area contributed by atoms with Gasteiger partial charge in [-0.2, -0.15) is 0 Å². The van der Waals surface area contributed by atoms with E-state index in [1.54, 1.807) is 0 Å². The molecule has 0 aliphatic rings. The molecule has 2 aromatic heterocycles. The number of hydrogen-bond donors (Lipinski definition) is 1. The van der Waals surface area contributed by atoms with Crippen LogP contribution in [0.1, 0.15) is 11.3 Å². The zero-order valence-corrected chi connectivity index (χ0v) is 16.7. The van der Waals surface area contributed by atoms with Gasteiger partial charge in [-0.15, -0.1) is 11.3 Å².